The highest BCUT2D eigenvalue weighted by atomic mass is 32.1. The fourth-order valence-electron chi connectivity index (χ4n) is 3.01. The molecule has 2 aliphatic rings. The van der Waals surface area contributed by atoms with Crippen molar-refractivity contribution < 1.29 is 9.53 Å². The Labute approximate surface area is 130 Å². The molecule has 0 unspecified atom stereocenters. The SMILES string of the molecule is O=C(c1ccc(CN2CCCCCC2)s1)N1CCOCC1. The van der Waals surface area contributed by atoms with E-state index in [1.54, 1.807) is 11.3 Å². The maximum atomic E-state index is 12.4. The average Bonchev–Trinajstić information content (AvgIpc) is 2.83. The van der Waals surface area contributed by atoms with Gasteiger partial charge in [-0.15, -0.1) is 11.3 Å². The molecule has 0 bridgehead atoms. The highest BCUT2D eigenvalue weighted by molar-refractivity contribution is 7.14. The van der Waals surface area contributed by atoms with Crippen molar-refractivity contribution in [3.8, 4) is 0 Å². The number of thiophene rings is 1. The lowest BCUT2D eigenvalue weighted by atomic mass is 10.2. The van der Waals surface area contributed by atoms with Crippen molar-refractivity contribution >= 4 is 17.2 Å². The summed E-state index contributed by atoms with van der Waals surface area (Å²) in [6.45, 7) is 6.17. The van der Waals surface area contributed by atoms with Crippen LogP contribution in [0.2, 0.25) is 0 Å². The van der Waals surface area contributed by atoms with Crippen molar-refractivity contribution in [3.05, 3.63) is 21.9 Å². The van der Waals surface area contributed by atoms with Gasteiger partial charge in [0.05, 0.1) is 18.1 Å². The normalized spacial score (nSPS) is 21.2. The van der Waals surface area contributed by atoms with Crippen molar-refractivity contribution in [1.82, 2.24) is 9.80 Å². The first-order valence-electron chi connectivity index (χ1n) is 8.01. The van der Waals surface area contributed by atoms with Crippen LogP contribution in [0.25, 0.3) is 0 Å². The molecule has 0 saturated carbocycles. The molecule has 4 nitrogen and oxygen atoms in total. The lowest BCUT2D eigenvalue weighted by molar-refractivity contribution is 0.0306. The van der Waals surface area contributed by atoms with Crippen LogP contribution in [0.5, 0.6) is 0 Å². The summed E-state index contributed by atoms with van der Waals surface area (Å²) in [5, 5.41) is 0. The molecule has 0 N–H and O–H groups in total. The first kappa shape index (κ1) is 15.0. The Bertz CT molecular complexity index is 461. The van der Waals surface area contributed by atoms with Crippen LogP contribution in [0.3, 0.4) is 0 Å². The first-order valence-corrected chi connectivity index (χ1v) is 8.83. The van der Waals surface area contributed by atoms with Crippen molar-refractivity contribution in [3.63, 3.8) is 0 Å². The van der Waals surface area contributed by atoms with Crippen molar-refractivity contribution in [2.24, 2.45) is 0 Å². The minimum absolute atomic E-state index is 0.172. The number of likely N-dealkylation sites (tertiary alicyclic amines) is 1. The number of nitrogens with zero attached hydrogens (tertiary/aromatic N) is 2. The van der Waals surface area contributed by atoms with E-state index >= 15 is 0 Å². The molecule has 2 aliphatic heterocycles. The maximum absolute atomic E-state index is 12.4. The molecule has 0 radical (unpaired) electrons. The largest absolute Gasteiger partial charge is 0.378 e. The lowest BCUT2D eigenvalue weighted by Crippen LogP contribution is -2.40. The van der Waals surface area contributed by atoms with Gasteiger partial charge in [-0.3, -0.25) is 9.69 Å². The Morgan fingerprint density at radius 3 is 2.48 bits per heavy atom. The summed E-state index contributed by atoms with van der Waals surface area (Å²) in [4.78, 5) is 19.1. The van der Waals surface area contributed by atoms with Gasteiger partial charge in [-0.2, -0.15) is 0 Å². The Morgan fingerprint density at radius 2 is 1.76 bits per heavy atom. The summed E-state index contributed by atoms with van der Waals surface area (Å²) in [6.07, 6.45) is 5.35. The zero-order valence-electron chi connectivity index (χ0n) is 12.6. The third-order valence-corrected chi connectivity index (χ3v) is 5.31. The van der Waals surface area contributed by atoms with Gasteiger partial charge >= 0.3 is 0 Å². The standard InChI is InChI=1S/C16H24N2O2S/c19-16(18-9-11-20-12-10-18)15-6-5-14(21-15)13-17-7-3-1-2-4-8-17/h5-6H,1-4,7-13H2. The van der Waals surface area contributed by atoms with Crippen molar-refractivity contribution in [2.75, 3.05) is 39.4 Å². The second-order valence-electron chi connectivity index (χ2n) is 5.86. The molecule has 2 fully saturated rings. The van der Waals surface area contributed by atoms with Gasteiger partial charge in [0.2, 0.25) is 0 Å². The first-order chi connectivity index (χ1) is 10.3. The number of morpholine rings is 1. The summed E-state index contributed by atoms with van der Waals surface area (Å²) in [5.41, 5.74) is 0. The van der Waals surface area contributed by atoms with Crippen LogP contribution in [0.4, 0.5) is 0 Å². The quantitative estimate of drug-likeness (QED) is 0.860. The van der Waals surface area contributed by atoms with Crippen LogP contribution in [0.1, 0.15) is 40.2 Å². The van der Waals surface area contributed by atoms with Gasteiger partial charge in [0.1, 0.15) is 0 Å². The van der Waals surface area contributed by atoms with Crippen LogP contribution < -0.4 is 0 Å². The summed E-state index contributed by atoms with van der Waals surface area (Å²) in [6, 6.07) is 4.12. The molecule has 3 rings (SSSR count). The number of carbonyl (C=O) groups is 1. The summed E-state index contributed by atoms with van der Waals surface area (Å²) in [5.74, 6) is 0.172. The van der Waals surface area contributed by atoms with Crippen LogP contribution in [-0.2, 0) is 11.3 Å². The van der Waals surface area contributed by atoms with Crippen LogP contribution >= 0.6 is 11.3 Å². The molecule has 0 aliphatic carbocycles. The molecule has 0 atom stereocenters. The van der Waals surface area contributed by atoms with E-state index in [1.165, 1.54) is 43.6 Å². The summed E-state index contributed by atoms with van der Waals surface area (Å²) in [7, 11) is 0. The van der Waals surface area contributed by atoms with E-state index < -0.39 is 0 Å². The fourth-order valence-corrected chi connectivity index (χ4v) is 4.03. The minimum atomic E-state index is 0.172. The topological polar surface area (TPSA) is 32.8 Å². The summed E-state index contributed by atoms with van der Waals surface area (Å²) < 4.78 is 5.31. The van der Waals surface area contributed by atoms with E-state index in [2.05, 4.69) is 11.0 Å². The second kappa shape index (κ2) is 7.38. The predicted molar refractivity (Wildman–Crippen MR) is 84.8 cm³/mol. The van der Waals surface area contributed by atoms with Gasteiger partial charge in [-0.25, -0.2) is 0 Å². The lowest BCUT2D eigenvalue weighted by Gasteiger charge is -2.26. The molecule has 5 heteroatoms. The third kappa shape index (κ3) is 4.05. The molecule has 1 amide bonds. The van der Waals surface area contributed by atoms with Gasteiger partial charge in [-0.05, 0) is 38.1 Å². The Balaban J connectivity index is 1.58. The highest BCUT2D eigenvalue weighted by Crippen LogP contribution is 2.22. The van der Waals surface area contributed by atoms with Crippen molar-refractivity contribution in [2.45, 2.75) is 32.2 Å². The molecule has 1 aromatic rings. The molecule has 2 saturated heterocycles. The van der Waals surface area contributed by atoms with Gasteiger partial charge in [-0.1, -0.05) is 12.8 Å². The molecule has 3 heterocycles. The zero-order valence-corrected chi connectivity index (χ0v) is 13.4. The highest BCUT2D eigenvalue weighted by Gasteiger charge is 2.20. The minimum Gasteiger partial charge on any atom is -0.378 e. The molecular formula is C16H24N2O2S. The number of ether oxygens (including phenoxy) is 1. The monoisotopic (exact) mass is 308 g/mol. The number of rotatable bonds is 3. The molecular weight excluding hydrogens is 284 g/mol. The molecule has 21 heavy (non-hydrogen) atoms. The van der Waals surface area contributed by atoms with Crippen LogP contribution in [0.15, 0.2) is 12.1 Å². The van der Waals surface area contributed by atoms with Gasteiger partial charge < -0.3 is 9.64 Å². The number of carbonyl (C=O) groups excluding carboxylic acids is 1. The molecule has 0 spiro atoms. The second-order valence-corrected chi connectivity index (χ2v) is 7.03. The van der Waals surface area contributed by atoms with E-state index in [1.807, 2.05) is 11.0 Å². The molecule has 0 aromatic carbocycles. The Hall–Kier alpha value is -0.910. The van der Waals surface area contributed by atoms with E-state index in [4.69, 9.17) is 4.74 Å². The zero-order chi connectivity index (χ0) is 14.5. The number of amides is 1. The van der Waals surface area contributed by atoms with Gasteiger partial charge in [0.25, 0.3) is 5.91 Å². The summed E-state index contributed by atoms with van der Waals surface area (Å²) >= 11 is 1.66. The van der Waals surface area contributed by atoms with Gasteiger partial charge in [0, 0.05) is 24.5 Å². The Kier molecular flexibility index (Phi) is 5.27. The van der Waals surface area contributed by atoms with Crippen LogP contribution in [0, 0.1) is 0 Å². The predicted octanol–water partition coefficient (Wildman–Crippen LogP) is 2.60. The number of hydrogen-bond acceptors (Lipinski definition) is 4. The third-order valence-electron chi connectivity index (χ3n) is 4.25. The van der Waals surface area contributed by atoms with Crippen molar-refractivity contribution in [1.29, 1.82) is 0 Å². The van der Waals surface area contributed by atoms with E-state index in [0.717, 1.165) is 24.5 Å². The molecule has 1 aromatic heterocycles. The Morgan fingerprint density at radius 1 is 1.05 bits per heavy atom. The average molecular weight is 308 g/mol. The van der Waals surface area contributed by atoms with Crippen LogP contribution in [-0.4, -0.2) is 55.1 Å². The van der Waals surface area contributed by atoms with Gasteiger partial charge in [0.15, 0.2) is 0 Å². The fraction of sp³-hybridized carbons (Fsp3) is 0.688. The van der Waals surface area contributed by atoms with E-state index in [-0.39, 0.29) is 5.91 Å². The van der Waals surface area contributed by atoms with E-state index in [0.29, 0.717) is 13.2 Å². The van der Waals surface area contributed by atoms with E-state index in [9.17, 15) is 4.79 Å². The number of hydrogen-bond donors (Lipinski definition) is 0. The molecule has 116 valence electrons. The maximum Gasteiger partial charge on any atom is 0.264 e. The smallest absolute Gasteiger partial charge is 0.264 e.